The number of ether oxygens (including phenoxy) is 1. The Balaban J connectivity index is 2.83. The van der Waals surface area contributed by atoms with E-state index in [1.807, 2.05) is 6.92 Å². The molecule has 1 fully saturated rings. The van der Waals surface area contributed by atoms with Crippen molar-refractivity contribution in [2.45, 2.75) is 58.5 Å². The molecule has 0 bridgehead atoms. The number of nitrogens with zero attached hydrogens (tertiary/aromatic N) is 1. The standard InChI is InChI=1S/C14H25NO2/c1-4-12-7-6-8-14(9-12,10-15)13(3,16)11-17-5-2/h12,16H,4-9,11H2,1-3H3. The third-order valence-corrected chi connectivity index (χ3v) is 4.26. The molecule has 0 aromatic carbocycles. The SMILES string of the molecule is CCOCC(C)(O)C1(C#N)CCCC(CC)C1. The zero-order valence-corrected chi connectivity index (χ0v) is 11.3. The van der Waals surface area contributed by atoms with E-state index in [0.29, 0.717) is 12.5 Å². The minimum absolute atomic E-state index is 0.257. The molecule has 0 aliphatic heterocycles. The first kappa shape index (κ1) is 14.5. The molecule has 0 heterocycles. The molecule has 0 saturated heterocycles. The Hall–Kier alpha value is -0.590. The molecule has 3 unspecified atom stereocenters. The highest BCUT2D eigenvalue weighted by molar-refractivity contribution is 5.12. The number of hydrogen-bond donors (Lipinski definition) is 1. The molecule has 98 valence electrons. The fraction of sp³-hybridized carbons (Fsp3) is 0.929. The van der Waals surface area contributed by atoms with Crippen LogP contribution in [-0.2, 0) is 4.74 Å². The molecule has 3 nitrogen and oxygen atoms in total. The van der Waals surface area contributed by atoms with E-state index in [0.717, 1.165) is 25.7 Å². The van der Waals surface area contributed by atoms with Crippen molar-refractivity contribution >= 4 is 0 Å². The molecule has 0 amide bonds. The normalized spacial score (nSPS) is 32.8. The van der Waals surface area contributed by atoms with Crippen LogP contribution in [0.1, 0.15) is 52.9 Å². The summed E-state index contributed by atoms with van der Waals surface area (Å²) < 4.78 is 5.35. The summed E-state index contributed by atoms with van der Waals surface area (Å²) in [5, 5.41) is 20.1. The van der Waals surface area contributed by atoms with Crippen molar-refractivity contribution in [3.8, 4) is 6.07 Å². The number of nitriles is 1. The van der Waals surface area contributed by atoms with Crippen LogP contribution in [0.2, 0.25) is 0 Å². The first-order valence-corrected chi connectivity index (χ1v) is 6.72. The zero-order chi connectivity index (χ0) is 12.9. The van der Waals surface area contributed by atoms with Crippen molar-refractivity contribution in [1.29, 1.82) is 5.26 Å². The van der Waals surface area contributed by atoms with Gasteiger partial charge in [0.15, 0.2) is 0 Å². The van der Waals surface area contributed by atoms with E-state index in [9.17, 15) is 10.4 Å². The first-order chi connectivity index (χ1) is 8.01. The van der Waals surface area contributed by atoms with Crippen LogP contribution in [0.25, 0.3) is 0 Å². The molecular formula is C14H25NO2. The molecule has 3 heteroatoms. The van der Waals surface area contributed by atoms with Crippen LogP contribution >= 0.6 is 0 Å². The smallest absolute Gasteiger partial charge is 0.104 e. The van der Waals surface area contributed by atoms with Crippen molar-refractivity contribution < 1.29 is 9.84 Å². The van der Waals surface area contributed by atoms with Gasteiger partial charge in [-0.25, -0.2) is 0 Å². The fourth-order valence-corrected chi connectivity index (χ4v) is 2.89. The van der Waals surface area contributed by atoms with Gasteiger partial charge in [0.2, 0.25) is 0 Å². The van der Waals surface area contributed by atoms with Crippen LogP contribution in [0, 0.1) is 22.7 Å². The molecule has 0 aromatic rings. The van der Waals surface area contributed by atoms with Gasteiger partial charge in [0.1, 0.15) is 5.60 Å². The first-order valence-electron chi connectivity index (χ1n) is 6.72. The van der Waals surface area contributed by atoms with Crippen LogP contribution in [0.3, 0.4) is 0 Å². The summed E-state index contributed by atoms with van der Waals surface area (Å²) in [5.41, 5.74) is -1.66. The van der Waals surface area contributed by atoms with Crippen LogP contribution in [0.4, 0.5) is 0 Å². The molecule has 1 aliphatic rings. The van der Waals surface area contributed by atoms with Gasteiger partial charge in [0, 0.05) is 6.61 Å². The Labute approximate surface area is 105 Å². The van der Waals surface area contributed by atoms with Crippen molar-refractivity contribution in [3.63, 3.8) is 0 Å². The van der Waals surface area contributed by atoms with Gasteiger partial charge in [-0.05, 0) is 32.6 Å². The number of aliphatic hydroxyl groups is 1. The van der Waals surface area contributed by atoms with Gasteiger partial charge in [0.05, 0.1) is 18.1 Å². The summed E-state index contributed by atoms with van der Waals surface area (Å²) in [7, 11) is 0. The van der Waals surface area contributed by atoms with Gasteiger partial charge >= 0.3 is 0 Å². The fourth-order valence-electron chi connectivity index (χ4n) is 2.89. The average Bonchev–Trinajstić information content (AvgIpc) is 2.36. The Morgan fingerprint density at radius 2 is 2.24 bits per heavy atom. The predicted molar refractivity (Wildman–Crippen MR) is 67.4 cm³/mol. The molecule has 1 N–H and O–H groups in total. The van der Waals surface area contributed by atoms with Gasteiger partial charge in [0.25, 0.3) is 0 Å². The summed E-state index contributed by atoms with van der Waals surface area (Å²) in [6.45, 7) is 6.66. The second-order valence-corrected chi connectivity index (χ2v) is 5.48. The lowest BCUT2D eigenvalue weighted by Crippen LogP contribution is -2.51. The summed E-state index contributed by atoms with van der Waals surface area (Å²) >= 11 is 0. The van der Waals surface area contributed by atoms with E-state index in [4.69, 9.17) is 4.74 Å². The molecule has 17 heavy (non-hydrogen) atoms. The number of hydrogen-bond acceptors (Lipinski definition) is 3. The van der Waals surface area contributed by atoms with Gasteiger partial charge in [-0.3, -0.25) is 0 Å². The van der Waals surface area contributed by atoms with Crippen LogP contribution < -0.4 is 0 Å². The quantitative estimate of drug-likeness (QED) is 0.802. The Morgan fingerprint density at radius 1 is 1.53 bits per heavy atom. The van der Waals surface area contributed by atoms with E-state index in [2.05, 4.69) is 13.0 Å². The average molecular weight is 239 g/mol. The maximum atomic E-state index is 10.6. The third-order valence-electron chi connectivity index (χ3n) is 4.26. The lowest BCUT2D eigenvalue weighted by molar-refractivity contribution is -0.115. The van der Waals surface area contributed by atoms with Crippen molar-refractivity contribution in [1.82, 2.24) is 0 Å². The molecule has 3 atom stereocenters. The molecule has 1 rings (SSSR count). The second kappa shape index (κ2) is 5.84. The lowest BCUT2D eigenvalue weighted by Gasteiger charge is -2.45. The Morgan fingerprint density at radius 3 is 2.76 bits per heavy atom. The molecular weight excluding hydrogens is 214 g/mol. The highest BCUT2D eigenvalue weighted by Crippen LogP contribution is 2.47. The Bertz CT molecular complexity index is 282. The van der Waals surface area contributed by atoms with Crippen LogP contribution in [0.5, 0.6) is 0 Å². The maximum Gasteiger partial charge on any atom is 0.104 e. The molecule has 1 saturated carbocycles. The lowest BCUT2D eigenvalue weighted by atomic mass is 9.61. The minimum atomic E-state index is -1.04. The van der Waals surface area contributed by atoms with Crippen molar-refractivity contribution in [2.24, 2.45) is 11.3 Å². The summed E-state index contributed by atoms with van der Waals surface area (Å²) in [4.78, 5) is 0. The summed E-state index contributed by atoms with van der Waals surface area (Å²) in [5.74, 6) is 0.566. The van der Waals surface area contributed by atoms with Crippen molar-refractivity contribution in [3.05, 3.63) is 0 Å². The second-order valence-electron chi connectivity index (χ2n) is 5.48. The summed E-state index contributed by atoms with van der Waals surface area (Å²) in [6, 6.07) is 2.40. The van der Waals surface area contributed by atoms with Gasteiger partial charge in [-0.1, -0.05) is 26.2 Å². The van der Waals surface area contributed by atoms with E-state index in [-0.39, 0.29) is 6.61 Å². The topological polar surface area (TPSA) is 53.2 Å². The van der Waals surface area contributed by atoms with Crippen LogP contribution in [-0.4, -0.2) is 23.9 Å². The minimum Gasteiger partial charge on any atom is -0.386 e. The highest BCUT2D eigenvalue weighted by atomic mass is 16.5. The molecule has 1 aliphatic carbocycles. The van der Waals surface area contributed by atoms with E-state index < -0.39 is 11.0 Å². The van der Waals surface area contributed by atoms with Crippen molar-refractivity contribution in [2.75, 3.05) is 13.2 Å². The van der Waals surface area contributed by atoms with Gasteiger partial charge in [-0.2, -0.15) is 5.26 Å². The monoisotopic (exact) mass is 239 g/mol. The van der Waals surface area contributed by atoms with Gasteiger partial charge < -0.3 is 9.84 Å². The molecule has 0 spiro atoms. The summed E-state index contributed by atoms with van der Waals surface area (Å²) in [6.07, 6.45) is 4.91. The maximum absolute atomic E-state index is 10.6. The molecule has 0 radical (unpaired) electrons. The van der Waals surface area contributed by atoms with Gasteiger partial charge in [-0.15, -0.1) is 0 Å². The van der Waals surface area contributed by atoms with E-state index in [1.165, 1.54) is 6.42 Å². The molecule has 0 aromatic heterocycles. The van der Waals surface area contributed by atoms with E-state index >= 15 is 0 Å². The third kappa shape index (κ3) is 3.00. The van der Waals surface area contributed by atoms with Crippen LogP contribution in [0.15, 0.2) is 0 Å². The Kier molecular flexibility index (Phi) is 4.97. The largest absolute Gasteiger partial charge is 0.386 e. The zero-order valence-electron chi connectivity index (χ0n) is 11.3. The number of rotatable bonds is 5. The predicted octanol–water partition coefficient (Wildman–Crippen LogP) is 2.88. The highest BCUT2D eigenvalue weighted by Gasteiger charge is 2.50. The van der Waals surface area contributed by atoms with E-state index in [1.54, 1.807) is 6.92 Å².